The van der Waals surface area contributed by atoms with Crippen LogP contribution in [0, 0.1) is 6.92 Å². The number of amides is 1. The van der Waals surface area contributed by atoms with Crippen molar-refractivity contribution in [3.8, 4) is 5.75 Å². The lowest BCUT2D eigenvalue weighted by Gasteiger charge is -2.36. The molecule has 1 aromatic carbocycles. The summed E-state index contributed by atoms with van der Waals surface area (Å²) in [4.78, 5) is 20.5. The first-order valence-electron chi connectivity index (χ1n) is 7.28. The summed E-state index contributed by atoms with van der Waals surface area (Å²) in [6.45, 7) is 4.58. The maximum atomic E-state index is 12.3. The van der Waals surface area contributed by atoms with Gasteiger partial charge in [-0.3, -0.25) is 4.79 Å². The quantitative estimate of drug-likeness (QED) is 0.867. The standard InChI is InChI=1S/C16H19N3O3/c1-12-17-13(11-22-12)16(20)19-9-7-18(8-10-19)14-5-3-4-6-15(14)21-2/h3-6,11H,7-10H2,1-2H3. The Bertz CT molecular complexity index is 660. The van der Waals surface area contributed by atoms with Crippen LogP contribution in [0.5, 0.6) is 5.75 Å². The monoisotopic (exact) mass is 301 g/mol. The smallest absolute Gasteiger partial charge is 0.275 e. The summed E-state index contributed by atoms with van der Waals surface area (Å²) in [5.41, 5.74) is 1.44. The third kappa shape index (κ3) is 2.77. The number of aromatic nitrogens is 1. The summed E-state index contributed by atoms with van der Waals surface area (Å²) in [7, 11) is 1.67. The molecule has 0 N–H and O–H groups in total. The van der Waals surface area contributed by atoms with Crippen molar-refractivity contribution in [1.29, 1.82) is 0 Å². The maximum Gasteiger partial charge on any atom is 0.275 e. The highest BCUT2D eigenvalue weighted by molar-refractivity contribution is 5.92. The molecule has 1 aromatic heterocycles. The van der Waals surface area contributed by atoms with Gasteiger partial charge in [-0.25, -0.2) is 4.98 Å². The van der Waals surface area contributed by atoms with Crippen molar-refractivity contribution in [1.82, 2.24) is 9.88 Å². The Morgan fingerprint density at radius 1 is 1.23 bits per heavy atom. The minimum Gasteiger partial charge on any atom is -0.495 e. The number of hydrogen-bond acceptors (Lipinski definition) is 5. The normalized spacial score (nSPS) is 15.0. The summed E-state index contributed by atoms with van der Waals surface area (Å²) in [6, 6.07) is 7.94. The fourth-order valence-electron chi connectivity index (χ4n) is 2.67. The van der Waals surface area contributed by atoms with Gasteiger partial charge in [-0.1, -0.05) is 12.1 Å². The molecule has 6 heteroatoms. The summed E-state index contributed by atoms with van der Waals surface area (Å²) >= 11 is 0. The number of methoxy groups -OCH3 is 1. The molecule has 1 fully saturated rings. The van der Waals surface area contributed by atoms with Gasteiger partial charge in [0.1, 0.15) is 12.0 Å². The van der Waals surface area contributed by atoms with Gasteiger partial charge in [-0.15, -0.1) is 0 Å². The van der Waals surface area contributed by atoms with Gasteiger partial charge in [-0.2, -0.15) is 0 Å². The molecular formula is C16H19N3O3. The predicted octanol–water partition coefficient (Wildman–Crippen LogP) is 1.95. The van der Waals surface area contributed by atoms with Gasteiger partial charge in [0, 0.05) is 33.1 Å². The highest BCUT2D eigenvalue weighted by Crippen LogP contribution is 2.28. The number of ether oxygens (including phenoxy) is 1. The molecule has 0 spiro atoms. The second-order valence-corrected chi connectivity index (χ2v) is 5.20. The van der Waals surface area contributed by atoms with Crippen molar-refractivity contribution in [3.63, 3.8) is 0 Å². The number of carbonyl (C=O) groups is 1. The van der Waals surface area contributed by atoms with E-state index in [4.69, 9.17) is 9.15 Å². The van der Waals surface area contributed by atoms with Crippen molar-refractivity contribution in [2.75, 3.05) is 38.2 Å². The van der Waals surface area contributed by atoms with Gasteiger partial charge in [0.05, 0.1) is 12.8 Å². The maximum absolute atomic E-state index is 12.3. The Hall–Kier alpha value is -2.50. The van der Waals surface area contributed by atoms with E-state index in [1.54, 1.807) is 14.0 Å². The predicted molar refractivity (Wildman–Crippen MR) is 82.4 cm³/mol. The van der Waals surface area contributed by atoms with Crippen LogP contribution in [0.15, 0.2) is 34.9 Å². The molecule has 1 aliphatic heterocycles. The fraction of sp³-hybridized carbons (Fsp3) is 0.375. The average molecular weight is 301 g/mol. The van der Waals surface area contributed by atoms with Crippen LogP contribution in [0.2, 0.25) is 0 Å². The molecule has 1 saturated heterocycles. The number of rotatable bonds is 3. The largest absolute Gasteiger partial charge is 0.495 e. The van der Waals surface area contributed by atoms with Crippen molar-refractivity contribution in [2.45, 2.75) is 6.92 Å². The van der Waals surface area contributed by atoms with Crippen molar-refractivity contribution in [2.24, 2.45) is 0 Å². The number of aryl methyl sites for hydroxylation is 1. The SMILES string of the molecule is COc1ccccc1N1CCN(C(=O)c2coc(C)n2)CC1. The topological polar surface area (TPSA) is 58.8 Å². The van der Waals surface area contributed by atoms with Gasteiger partial charge in [-0.05, 0) is 12.1 Å². The first-order valence-corrected chi connectivity index (χ1v) is 7.28. The van der Waals surface area contributed by atoms with E-state index in [9.17, 15) is 4.79 Å². The minimum atomic E-state index is -0.0727. The van der Waals surface area contributed by atoms with E-state index in [0.717, 1.165) is 24.5 Å². The second-order valence-electron chi connectivity index (χ2n) is 5.20. The first kappa shape index (κ1) is 14.4. The zero-order valence-electron chi connectivity index (χ0n) is 12.8. The molecule has 0 atom stereocenters. The van der Waals surface area contributed by atoms with Crippen LogP contribution in [0.4, 0.5) is 5.69 Å². The van der Waals surface area contributed by atoms with Crippen LogP contribution in [-0.2, 0) is 0 Å². The van der Waals surface area contributed by atoms with E-state index in [2.05, 4.69) is 9.88 Å². The van der Waals surface area contributed by atoms with E-state index in [1.165, 1.54) is 6.26 Å². The number of anilines is 1. The van der Waals surface area contributed by atoms with Crippen molar-refractivity contribution >= 4 is 11.6 Å². The second kappa shape index (κ2) is 6.09. The molecule has 1 aliphatic rings. The Morgan fingerprint density at radius 3 is 2.59 bits per heavy atom. The first-order chi connectivity index (χ1) is 10.7. The van der Waals surface area contributed by atoms with E-state index in [-0.39, 0.29) is 5.91 Å². The zero-order valence-corrected chi connectivity index (χ0v) is 12.8. The molecular weight excluding hydrogens is 282 g/mol. The number of benzene rings is 1. The third-order valence-corrected chi connectivity index (χ3v) is 3.83. The Morgan fingerprint density at radius 2 is 1.95 bits per heavy atom. The highest BCUT2D eigenvalue weighted by atomic mass is 16.5. The minimum absolute atomic E-state index is 0.0727. The number of hydrogen-bond donors (Lipinski definition) is 0. The molecule has 0 bridgehead atoms. The number of carbonyl (C=O) groups excluding carboxylic acids is 1. The van der Waals surface area contributed by atoms with Gasteiger partial charge < -0.3 is 19.0 Å². The van der Waals surface area contributed by atoms with Crippen LogP contribution >= 0.6 is 0 Å². The van der Waals surface area contributed by atoms with Crippen LogP contribution in [0.25, 0.3) is 0 Å². The molecule has 116 valence electrons. The van der Waals surface area contributed by atoms with E-state index < -0.39 is 0 Å². The van der Waals surface area contributed by atoms with Crippen molar-refractivity contribution < 1.29 is 13.9 Å². The molecule has 0 radical (unpaired) electrons. The molecule has 2 aromatic rings. The summed E-state index contributed by atoms with van der Waals surface area (Å²) in [5.74, 6) is 1.29. The van der Waals surface area contributed by atoms with E-state index in [1.807, 2.05) is 29.2 Å². The molecule has 2 heterocycles. The molecule has 1 amide bonds. The highest BCUT2D eigenvalue weighted by Gasteiger charge is 2.25. The Labute approximate surface area is 129 Å². The molecule has 0 saturated carbocycles. The number of nitrogens with zero attached hydrogens (tertiary/aromatic N) is 3. The lowest BCUT2D eigenvalue weighted by Crippen LogP contribution is -2.49. The summed E-state index contributed by atoms with van der Waals surface area (Å²) in [5, 5.41) is 0. The third-order valence-electron chi connectivity index (χ3n) is 3.83. The summed E-state index contributed by atoms with van der Waals surface area (Å²) < 4.78 is 10.5. The average Bonchev–Trinajstić information content (AvgIpc) is 3.01. The van der Waals surface area contributed by atoms with Gasteiger partial charge in [0.2, 0.25) is 0 Å². The molecule has 6 nitrogen and oxygen atoms in total. The Kier molecular flexibility index (Phi) is 4.00. The van der Waals surface area contributed by atoms with Gasteiger partial charge >= 0.3 is 0 Å². The molecule has 22 heavy (non-hydrogen) atoms. The van der Waals surface area contributed by atoms with Crippen LogP contribution in [0.1, 0.15) is 16.4 Å². The zero-order chi connectivity index (χ0) is 15.5. The van der Waals surface area contributed by atoms with Crippen molar-refractivity contribution in [3.05, 3.63) is 42.1 Å². The van der Waals surface area contributed by atoms with Crippen LogP contribution in [-0.4, -0.2) is 49.1 Å². The van der Waals surface area contributed by atoms with E-state index >= 15 is 0 Å². The van der Waals surface area contributed by atoms with Gasteiger partial charge in [0.15, 0.2) is 11.6 Å². The summed E-state index contributed by atoms with van der Waals surface area (Å²) in [6.07, 6.45) is 1.42. The molecule has 3 rings (SSSR count). The molecule has 0 unspecified atom stereocenters. The Balaban J connectivity index is 1.66. The molecule has 0 aliphatic carbocycles. The van der Waals surface area contributed by atoms with Crippen LogP contribution < -0.4 is 9.64 Å². The number of oxazole rings is 1. The lowest BCUT2D eigenvalue weighted by molar-refractivity contribution is 0.0740. The van der Waals surface area contributed by atoms with Crippen LogP contribution in [0.3, 0.4) is 0 Å². The lowest BCUT2D eigenvalue weighted by atomic mass is 10.2. The fourth-order valence-corrected chi connectivity index (χ4v) is 2.67. The van der Waals surface area contributed by atoms with E-state index in [0.29, 0.717) is 24.7 Å². The van der Waals surface area contributed by atoms with Gasteiger partial charge in [0.25, 0.3) is 5.91 Å². The number of piperazine rings is 1. The number of para-hydroxylation sites is 2.